The highest BCUT2D eigenvalue weighted by Crippen LogP contribution is 2.22. The molecule has 2 heteroatoms. The van der Waals surface area contributed by atoms with Gasteiger partial charge >= 0.3 is 0 Å². The molecule has 0 amide bonds. The normalized spacial score (nSPS) is 16.0. The van der Waals surface area contributed by atoms with Crippen LogP contribution in [0.1, 0.15) is 91.4 Å². The first-order chi connectivity index (χ1) is 10.6. The number of hydrogen-bond acceptors (Lipinski definition) is 2. The zero-order valence-corrected chi connectivity index (χ0v) is 15.3. The summed E-state index contributed by atoms with van der Waals surface area (Å²) in [5.41, 5.74) is 0. The van der Waals surface area contributed by atoms with Crippen LogP contribution in [0.4, 0.5) is 0 Å². The fourth-order valence-corrected chi connectivity index (χ4v) is 3.05. The van der Waals surface area contributed by atoms with Crippen molar-refractivity contribution < 1.29 is 10.2 Å². The van der Waals surface area contributed by atoms with Crippen molar-refractivity contribution in [2.24, 2.45) is 11.8 Å². The molecular formula is C20H40O2. The Hall–Kier alpha value is -0.340. The van der Waals surface area contributed by atoms with Gasteiger partial charge in [-0.15, -0.1) is 0 Å². The number of hydrogen-bond donors (Lipinski definition) is 2. The second-order valence-electron chi connectivity index (χ2n) is 7.20. The summed E-state index contributed by atoms with van der Waals surface area (Å²) in [6, 6.07) is 0. The topological polar surface area (TPSA) is 40.5 Å². The maximum Gasteiger partial charge on any atom is 0.0512 e. The SMILES string of the molecule is CC(O)CCCC(C)CC(C)CCCC=CCCCCCO. The Morgan fingerprint density at radius 3 is 1.91 bits per heavy atom. The molecule has 0 rings (SSSR count). The first kappa shape index (κ1) is 21.7. The maximum atomic E-state index is 9.28. The van der Waals surface area contributed by atoms with Gasteiger partial charge in [-0.05, 0) is 63.7 Å². The fourth-order valence-electron chi connectivity index (χ4n) is 3.05. The van der Waals surface area contributed by atoms with Gasteiger partial charge in [-0.25, -0.2) is 0 Å². The molecule has 2 nitrogen and oxygen atoms in total. The molecule has 0 aliphatic heterocycles. The number of aliphatic hydroxyl groups excluding tert-OH is 2. The zero-order chi connectivity index (χ0) is 16.6. The summed E-state index contributed by atoms with van der Waals surface area (Å²) in [5, 5.41) is 18.0. The quantitative estimate of drug-likeness (QED) is 0.310. The van der Waals surface area contributed by atoms with Gasteiger partial charge in [-0.3, -0.25) is 0 Å². The van der Waals surface area contributed by atoms with Gasteiger partial charge in [0.2, 0.25) is 0 Å². The van der Waals surface area contributed by atoms with E-state index in [-0.39, 0.29) is 6.10 Å². The lowest BCUT2D eigenvalue weighted by atomic mass is 9.89. The summed E-state index contributed by atoms with van der Waals surface area (Å²) < 4.78 is 0. The fraction of sp³-hybridized carbons (Fsp3) is 0.900. The Balaban J connectivity index is 3.44. The Bertz CT molecular complexity index is 248. The highest BCUT2D eigenvalue weighted by molar-refractivity contribution is 4.81. The molecule has 0 radical (unpaired) electrons. The van der Waals surface area contributed by atoms with Gasteiger partial charge in [0.25, 0.3) is 0 Å². The van der Waals surface area contributed by atoms with Gasteiger partial charge in [-0.2, -0.15) is 0 Å². The summed E-state index contributed by atoms with van der Waals surface area (Å²) in [5.74, 6) is 1.61. The Kier molecular flexibility index (Phi) is 15.3. The summed E-state index contributed by atoms with van der Waals surface area (Å²) in [6.45, 7) is 6.95. The molecule has 3 atom stereocenters. The van der Waals surface area contributed by atoms with Crippen molar-refractivity contribution in [1.82, 2.24) is 0 Å². The van der Waals surface area contributed by atoms with E-state index in [4.69, 9.17) is 5.11 Å². The number of aliphatic hydroxyl groups is 2. The molecule has 0 fully saturated rings. The van der Waals surface area contributed by atoms with Crippen molar-refractivity contribution in [2.75, 3.05) is 6.61 Å². The van der Waals surface area contributed by atoms with Gasteiger partial charge < -0.3 is 10.2 Å². The van der Waals surface area contributed by atoms with Gasteiger partial charge in [0, 0.05) is 6.61 Å². The molecule has 0 aliphatic carbocycles. The standard InChI is InChI=1S/C20H40O2/c1-18(17-19(2)14-12-15-20(3)22)13-10-8-6-4-5-7-9-11-16-21/h4,6,18-22H,5,7-17H2,1-3H3. The van der Waals surface area contributed by atoms with Crippen LogP contribution in [-0.2, 0) is 0 Å². The van der Waals surface area contributed by atoms with E-state index in [1.165, 1.54) is 38.5 Å². The molecule has 0 aromatic carbocycles. The minimum atomic E-state index is -0.139. The molecule has 2 N–H and O–H groups in total. The predicted octanol–water partition coefficient (Wildman–Crippen LogP) is 5.48. The highest BCUT2D eigenvalue weighted by Gasteiger charge is 2.09. The van der Waals surface area contributed by atoms with Crippen molar-refractivity contribution in [3.8, 4) is 0 Å². The average molecular weight is 313 g/mol. The van der Waals surface area contributed by atoms with Crippen molar-refractivity contribution >= 4 is 0 Å². The summed E-state index contributed by atoms with van der Waals surface area (Å²) in [6.07, 6.45) is 17.5. The van der Waals surface area contributed by atoms with Crippen LogP contribution in [0.2, 0.25) is 0 Å². The second-order valence-corrected chi connectivity index (χ2v) is 7.20. The molecule has 22 heavy (non-hydrogen) atoms. The Labute approximate surface area is 139 Å². The third kappa shape index (κ3) is 16.0. The molecule has 0 spiro atoms. The van der Waals surface area contributed by atoms with Crippen LogP contribution < -0.4 is 0 Å². The second kappa shape index (κ2) is 15.6. The minimum absolute atomic E-state index is 0.139. The predicted molar refractivity (Wildman–Crippen MR) is 97.0 cm³/mol. The van der Waals surface area contributed by atoms with Gasteiger partial charge in [-0.1, -0.05) is 51.7 Å². The molecule has 0 heterocycles. The van der Waals surface area contributed by atoms with E-state index in [2.05, 4.69) is 26.0 Å². The van der Waals surface area contributed by atoms with Crippen LogP contribution in [0.5, 0.6) is 0 Å². The van der Waals surface area contributed by atoms with E-state index in [9.17, 15) is 5.11 Å². The van der Waals surface area contributed by atoms with Crippen molar-refractivity contribution in [3.05, 3.63) is 12.2 Å². The largest absolute Gasteiger partial charge is 0.396 e. The molecule has 132 valence electrons. The van der Waals surface area contributed by atoms with E-state index in [1.807, 2.05) is 6.92 Å². The molecule has 0 aliphatic rings. The molecule has 0 saturated heterocycles. The van der Waals surface area contributed by atoms with E-state index < -0.39 is 0 Å². The minimum Gasteiger partial charge on any atom is -0.396 e. The first-order valence-corrected chi connectivity index (χ1v) is 9.50. The van der Waals surface area contributed by atoms with Crippen LogP contribution in [0.3, 0.4) is 0 Å². The third-order valence-electron chi connectivity index (χ3n) is 4.39. The zero-order valence-electron chi connectivity index (χ0n) is 15.3. The number of rotatable bonds is 15. The lowest BCUT2D eigenvalue weighted by Crippen LogP contribution is -2.05. The van der Waals surface area contributed by atoms with E-state index in [0.29, 0.717) is 6.61 Å². The third-order valence-corrected chi connectivity index (χ3v) is 4.39. The van der Waals surface area contributed by atoms with Gasteiger partial charge in [0.15, 0.2) is 0 Å². The summed E-state index contributed by atoms with van der Waals surface area (Å²) >= 11 is 0. The van der Waals surface area contributed by atoms with E-state index >= 15 is 0 Å². The smallest absolute Gasteiger partial charge is 0.0512 e. The molecule has 0 aromatic rings. The van der Waals surface area contributed by atoms with Gasteiger partial charge in [0.1, 0.15) is 0 Å². The number of allylic oxidation sites excluding steroid dienone is 2. The lowest BCUT2D eigenvalue weighted by molar-refractivity contribution is 0.177. The molecule has 0 saturated carbocycles. The van der Waals surface area contributed by atoms with E-state index in [0.717, 1.165) is 43.9 Å². The summed E-state index contributed by atoms with van der Waals surface area (Å²) in [4.78, 5) is 0. The Morgan fingerprint density at radius 1 is 0.727 bits per heavy atom. The average Bonchev–Trinajstić information content (AvgIpc) is 2.45. The maximum absolute atomic E-state index is 9.28. The Morgan fingerprint density at radius 2 is 1.32 bits per heavy atom. The van der Waals surface area contributed by atoms with Crippen molar-refractivity contribution in [2.45, 2.75) is 97.5 Å². The van der Waals surface area contributed by atoms with E-state index in [1.54, 1.807) is 0 Å². The van der Waals surface area contributed by atoms with Crippen LogP contribution in [0, 0.1) is 11.8 Å². The first-order valence-electron chi connectivity index (χ1n) is 9.50. The monoisotopic (exact) mass is 312 g/mol. The van der Waals surface area contributed by atoms with Crippen LogP contribution >= 0.6 is 0 Å². The highest BCUT2D eigenvalue weighted by atomic mass is 16.3. The molecule has 0 bridgehead atoms. The molecule has 3 unspecified atom stereocenters. The van der Waals surface area contributed by atoms with Crippen molar-refractivity contribution in [3.63, 3.8) is 0 Å². The molecule has 0 aromatic heterocycles. The molecular weight excluding hydrogens is 272 g/mol. The number of unbranched alkanes of at least 4 members (excludes halogenated alkanes) is 4. The van der Waals surface area contributed by atoms with Crippen LogP contribution in [-0.4, -0.2) is 22.9 Å². The van der Waals surface area contributed by atoms with Crippen LogP contribution in [0.25, 0.3) is 0 Å². The van der Waals surface area contributed by atoms with Crippen molar-refractivity contribution in [1.29, 1.82) is 0 Å². The lowest BCUT2D eigenvalue weighted by Gasteiger charge is -2.17. The summed E-state index contributed by atoms with van der Waals surface area (Å²) in [7, 11) is 0. The van der Waals surface area contributed by atoms with Gasteiger partial charge in [0.05, 0.1) is 6.10 Å². The van der Waals surface area contributed by atoms with Crippen LogP contribution in [0.15, 0.2) is 12.2 Å².